The third-order valence-electron chi connectivity index (χ3n) is 3.31. The van der Waals surface area contributed by atoms with Crippen LogP contribution in [0.1, 0.15) is 11.1 Å². The minimum atomic E-state index is -4.61. The molecule has 0 amide bonds. The zero-order valence-corrected chi connectivity index (χ0v) is 12.0. The molecule has 0 radical (unpaired) electrons. The van der Waals surface area contributed by atoms with Crippen molar-refractivity contribution in [2.75, 3.05) is 6.54 Å². The van der Waals surface area contributed by atoms with E-state index in [-0.39, 0.29) is 0 Å². The summed E-state index contributed by atoms with van der Waals surface area (Å²) in [6.07, 6.45) is -6.95. The molecule has 5 heteroatoms. The molecule has 1 N–H and O–H groups in total. The maximum Gasteiger partial charge on any atom is 0.415 e. The highest BCUT2D eigenvalue weighted by atomic mass is 19.4. The molecule has 0 saturated carbocycles. The lowest BCUT2D eigenvalue weighted by Crippen LogP contribution is -2.40. The molecule has 0 heterocycles. The van der Waals surface area contributed by atoms with Gasteiger partial charge >= 0.3 is 6.18 Å². The number of aliphatic hydroxyl groups is 1. The van der Waals surface area contributed by atoms with Gasteiger partial charge in [-0.05, 0) is 11.1 Å². The highest BCUT2D eigenvalue weighted by Crippen LogP contribution is 2.22. The first kappa shape index (κ1) is 16.5. The van der Waals surface area contributed by atoms with E-state index in [4.69, 9.17) is 0 Å². The number of halogens is 3. The number of rotatable bonds is 6. The van der Waals surface area contributed by atoms with Crippen molar-refractivity contribution in [1.82, 2.24) is 4.90 Å². The summed E-state index contributed by atoms with van der Waals surface area (Å²) in [4.78, 5) is 1.60. The van der Waals surface area contributed by atoms with Crippen LogP contribution in [0.5, 0.6) is 0 Å². The van der Waals surface area contributed by atoms with Gasteiger partial charge in [0.1, 0.15) is 0 Å². The molecule has 2 aromatic carbocycles. The van der Waals surface area contributed by atoms with Crippen molar-refractivity contribution in [3.05, 3.63) is 71.8 Å². The molecule has 2 nitrogen and oxygen atoms in total. The quantitative estimate of drug-likeness (QED) is 0.881. The Morgan fingerprint density at radius 1 is 0.818 bits per heavy atom. The van der Waals surface area contributed by atoms with Gasteiger partial charge in [0.15, 0.2) is 6.10 Å². The van der Waals surface area contributed by atoms with Crippen molar-refractivity contribution in [2.24, 2.45) is 0 Å². The van der Waals surface area contributed by atoms with Gasteiger partial charge in [-0.15, -0.1) is 0 Å². The second-order valence-corrected chi connectivity index (χ2v) is 5.20. The predicted molar refractivity (Wildman–Crippen MR) is 79.1 cm³/mol. The lowest BCUT2D eigenvalue weighted by molar-refractivity contribution is -0.208. The largest absolute Gasteiger partial charge is 0.415 e. The molecule has 0 fully saturated rings. The molecular formula is C17H18F3NO. The average Bonchev–Trinajstić information content (AvgIpc) is 2.48. The van der Waals surface area contributed by atoms with Crippen LogP contribution in [0.25, 0.3) is 0 Å². The van der Waals surface area contributed by atoms with E-state index in [9.17, 15) is 18.3 Å². The second-order valence-electron chi connectivity index (χ2n) is 5.20. The molecular weight excluding hydrogens is 291 g/mol. The minimum Gasteiger partial charge on any atom is -0.382 e. The molecule has 1 atom stereocenters. The summed E-state index contributed by atoms with van der Waals surface area (Å²) in [5.74, 6) is 0. The van der Waals surface area contributed by atoms with Crippen LogP contribution < -0.4 is 0 Å². The standard InChI is InChI=1S/C17H18F3NO/c18-17(19,20)16(22)13-21(11-14-7-3-1-4-8-14)12-15-9-5-2-6-10-15/h1-10,16,22H,11-13H2. The number of alkyl halides is 3. The summed E-state index contributed by atoms with van der Waals surface area (Å²) in [6.45, 7) is 0.249. The normalized spacial score (nSPS) is 13.3. The van der Waals surface area contributed by atoms with Crippen LogP contribution in [0, 0.1) is 0 Å². The minimum absolute atomic E-state index is 0.350. The van der Waals surface area contributed by atoms with Gasteiger partial charge in [0.05, 0.1) is 0 Å². The Bertz CT molecular complexity index is 516. The van der Waals surface area contributed by atoms with Gasteiger partial charge in [-0.2, -0.15) is 13.2 Å². The number of nitrogens with zero attached hydrogens (tertiary/aromatic N) is 1. The van der Waals surface area contributed by atoms with Crippen molar-refractivity contribution >= 4 is 0 Å². The van der Waals surface area contributed by atoms with Crippen LogP contribution in [-0.2, 0) is 13.1 Å². The summed E-state index contributed by atoms with van der Waals surface area (Å²) in [7, 11) is 0. The van der Waals surface area contributed by atoms with E-state index in [0.29, 0.717) is 13.1 Å². The summed E-state index contributed by atoms with van der Waals surface area (Å²) < 4.78 is 37.8. The van der Waals surface area contributed by atoms with E-state index in [1.807, 2.05) is 60.7 Å². The molecule has 0 aliphatic heterocycles. The molecule has 22 heavy (non-hydrogen) atoms. The topological polar surface area (TPSA) is 23.5 Å². The molecule has 0 saturated heterocycles. The molecule has 118 valence electrons. The van der Waals surface area contributed by atoms with E-state index in [0.717, 1.165) is 11.1 Å². The average molecular weight is 309 g/mol. The van der Waals surface area contributed by atoms with Crippen LogP contribution >= 0.6 is 0 Å². The highest BCUT2D eigenvalue weighted by Gasteiger charge is 2.39. The maximum absolute atomic E-state index is 12.6. The summed E-state index contributed by atoms with van der Waals surface area (Å²) in [5.41, 5.74) is 1.82. The Morgan fingerprint density at radius 3 is 1.59 bits per heavy atom. The fourth-order valence-electron chi connectivity index (χ4n) is 2.22. The Labute approximate surface area is 127 Å². The van der Waals surface area contributed by atoms with E-state index in [1.54, 1.807) is 4.90 Å². The first-order valence-electron chi connectivity index (χ1n) is 7.00. The van der Waals surface area contributed by atoms with Gasteiger partial charge in [0, 0.05) is 19.6 Å². The fraction of sp³-hybridized carbons (Fsp3) is 0.294. The van der Waals surface area contributed by atoms with E-state index in [1.165, 1.54) is 0 Å². The van der Waals surface area contributed by atoms with Crippen molar-refractivity contribution in [1.29, 1.82) is 0 Å². The molecule has 2 aromatic rings. The molecule has 0 aliphatic rings. The lowest BCUT2D eigenvalue weighted by atomic mass is 10.1. The van der Waals surface area contributed by atoms with Crippen LogP contribution in [0.2, 0.25) is 0 Å². The first-order chi connectivity index (χ1) is 10.4. The predicted octanol–water partition coefficient (Wildman–Crippen LogP) is 3.61. The fourth-order valence-corrected chi connectivity index (χ4v) is 2.22. The lowest BCUT2D eigenvalue weighted by Gasteiger charge is -2.26. The first-order valence-corrected chi connectivity index (χ1v) is 7.00. The van der Waals surface area contributed by atoms with Crippen molar-refractivity contribution < 1.29 is 18.3 Å². The van der Waals surface area contributed by atoms with Crippen molar-refractivity contribution in [3.63, 3.8) is 0 Å². The molecule has 1 unspecified atom stereocenters. The Morgan fingerprint density at radius 2 is 1.23 bits per heavy atom. The summed E-state index contributed by atoms with van der Waals surface area (Å²) >= 11 is 0. The van der Waals surface area contributed by atoms with Gasteiger partial charge in [0.25, 0.3) is 0 Å². The van der Waals surface area contributed by atoms with Crippen LogP contribution in [-0.4, -0.2) is 28.8 Å². The monoisotopic (exact) mass is 309 g/mol. The van der Waals surface area contributed by atoms with Crippen LogP contribution in [0.3, 0.4) is 0 Å². The van der Waals surface area contributed by atoms with Gasteiger partial charge in [0.2, 0.25) is 0 Å². The van der Waals surface area contributed by atoms with Crippen molar-refractivity contribution in [2.45, 2.75) is 25.4 Å². The zero-order valence-electron chi connectivity index (χ0n) is 12.0. The molecule has 0 aliphatic carbocycles. The molecule has 2 rings (SSSR count). The SMILES string of the molecule is OC(CN(Cc1ccccc1)Cc1ccccc1)C(F)(F)F. The van der Waals surface area contributed by atoms with E-state index in [2.05, 4.69) is 0 Å². The Balaban J connectivity index is 2.09. The third-order valence-corrected chi connectivity index (χ3v) is 3.31. The second kappa shape index (κ2) is 7.42. The van der Waals surface area contributed by atoms with E-state index < -0.39 is 18.8 Å². The van der Waals surface area contributed by atoms with Gasteiger partial charge in [-0.25, -0.2) is 0 Å². The highest BCUT2D eigenvalue weighted by molar-refractivity contribution is 5.17. The third kappa shape index (κ3) is 5.16. The molecule has 0 bridgehead atoms. The Hall–Kier alpha value is -1.85. The number of aliphatic hydroxyl groups excluding tert-OH is 1. The van der Waals surface area contributed by atoms with Gasteiger partial charge in [-0.3, -0.25) is 4.90 Å². The number of benzene rings is 2. The van der Waals surface area contributed by atoms with Crippen molar-refractivity contribution in [3.8, 4) is 0 Å². The molecule has 0 spiro atoms. The Kier molecular flexibility index (Phi) is 5.57. The van der Waals surface area contributed by atoms with Crippen LogP contribution in [0.4, 0.5) is 13.2 Å². The molecule has 0 aromatic heterocycles. The maximum atomic E-state index is 12.6. The zero-order chi connectivity index (χ0) is 16.0. The smallest absolute Gasteiger partial charge is 0.382 e. The van der Waals surface area contributed by atoms with Gasteiger partial charge in [-0.1, -0.05) is 60.7 Å². The summed E-state index contributed by atoms with van der Waals surface area (Å²) in [6, 6.07) is 18.5. The number of hydrogen-bond acceptors (Lipinski definition) is 2. The summed E-state index contributed by atoms with van der Waals surface area (Å²) in [5, 5.41) is 9.35. The number of hydrogen-bond donors (Lipinski definition) is 1. The van der Waals surface area contributed by atoms with Gasteiger partial charge < -0.3 is 5.11 Å². The van der Waals surface area contributed by atoms with Crippen LogP contribution in [0.15, 0.2) is 60.7 Å². The van der Waals surface area contributed by atoms with E-state index >= 15 is 0 Å².